The van der Waals surface area contributed by atoms with Gasteiger partial charge in [0.1, 0.15) is 0 Å². The molecule has 2 unspecified atom stereocenters. The predicted molar refractivity (Wildman–Crippen MR) is 77.5 cm³/mol. The third-order valence-electron chi connectivity index (χ3n) is 2.44. The molecule has 1 heterocycles. The van der Waals surface area contributed by atoms with Crippen molar-refractivity contribution in [2.75, 3.05) is 17.3 Å². The first-order valence-corrected chi connectivity index (χ1v) is 8.13. The fourth-order valence-electron chi connectivity index (χ4n) is 1.35. The molecule has 0 saturated heterocycles. The fraction of sp³-hybridized carbons (Fsp3) is 0.833. The molecule has 0 aliphatic carbocycles. The molecule has 1 aromatic rings. The second-order valence-corrected chi connectivity index (χ2v) is 7.27. The van der Waals surface area contributed by atoms with E-state index in [2.05, 4.69) is 41.6 Å². The molecule has 0 fully saturated rings. The molecular weight excluding hydrogens is 264 g/mol. The van der Waals surface area contributed by atoms with Gasteiger partial charge in [-0.3, -0.25) is 4.21 Å². The van der Waals surface area contributed by atoms with Gasteiger partial charge in [0.05, 0.1) is 6.54 Å². The minimum absolute atomic E-state index is 0.0144. The molecule has 0 radical (unpaired) electrons. The average Bonchev–Trinajstić information content (AvgIpc) is 2.70. The van der Waals surface area contributed by atoms with E-state index in [1.54, 1.807) is 6.26 Å². The highest BCUT2D eigenvalue weighted by atomic mass is 32.2. The molecule has 0 bridgehead atoms. The van der Waals surface area contributed by atoms with E-state index >= 15 is 0 Å². The Morgan fingerprint density at radius 3 is 2.63 bits per heavy atom. The lowest BCUT2D eigenvalue weighted by atomic mass is 10.1. The first kappa shape index (κ1) is 16.1. The van der Waals surface area contributed by atoms with E-state index in [1.807, 2.05) is 6.92 Å². The van der Waals surface area contributed by atoms with Gasteiger partial charge in [-0.15, -0.1) is 5.10 Å². The second-order valence-electron chi connectivity index (χ2n) is 5.72. The number of hydrogen-bond acceptors (Lipinski definition) is 6. The van der Waals surface area contributed by atoms with Crippen molar-refractivity contribution < 1.29 is 8.63 Å². The van der Waals surface area contributed by atoms with Gasteiger partial charge in [-0.2, -0.15) is 0 Å². The van der Waals surface area contributed by atoms with Gasteiger partial charge < -0.3 is 15.1 Å². The monoisotopic (exact) mass is 288 g/mol. The zero-order valence-corrected chi connectivity index (χ0v) is 13.1. The fourth-order valence-corrected chi connectivity index (χ4v) is 2.04. The lowest BCUT2D eigenvalue weighted by Gasteiger charge is -2.18. The lowest BCUT2D eigenvalue weighted by molar-refractivity contribution is 0.383. The molecule has 0 aliphatic rings. The summed E-state index contributed by atoms with van der Waals surface area (Å²) >= 11 is 0. The van der Waals surface area contributed by atoms with Gasteiger partial charge in [-0.05, 0) is 34.1 Å². The van der Waals surface area contributed by atoms with Crippen molar-refractivity contribution in [3.05, 3.63) is 5.89 Å². The molecule has 1 aromatic heterocycles. The van der Waals surface area contributed by atoms with E-state index in [0.29, 0.717) is 24.2 Å². The van der Waals surface area contributed by atoms with Crippen molar-refractivity contribution >= 4 is 16.8 Å². The molecule has 0 aromatic carbocycles. The van der Waals surface area contributed by atoms with Crippen LogP contribution in [-0.2, 0) is 17.3 Å². The van der Waals surface area contributed by atoms with E-state index in [4.69, 9.17) is 4.42 Å². The van der Waals surface area contributed by atoms with Gasteiger partial charge >= 0.3 is 6.01 Å². The Balaban J connectivity index is 2.39. The van der Waals surface area contributed by atoms with Crippen LogP contribution in [0.2, 0.25) is 0 Å². The van der Waals surface area contributed by atoms with Gasteiger partial charge in [0, 0.05) is 34.4 Å². The van der Waals surface area contributed by atoms with Crippen molar-refractivity contribution in [1.29, 1.82) is 0 Å². The highest BCUT2D eigenvalue weighted by Crippen LogP contribution is 2.09. The van der Waals surface area contributed by atoms with E-state index in [0.717, 1.165) is 6.42 Å². The smallest absolute Gasteiger partial charge is 0.315 e. The minimum Gasteiger partial charge on any atom is -0.407 e. The molecule has 6 nitrogen and oxygen atoms in total. The highest BCUT2D eigenvalue weighted by molar-refractivity contribution is 7.84. The van der Waals surface area contributed by atoms with Crippen LogP contribution in [-0.4, -0.2) is 38.0 Å². The van der Waals surface area contributed by atoms with Gasteiger partial charge in [-0.25, -0.2) is 0 Å². The Bertz CT molecular complexity index is 414. The topological polar surface area (TPSA) is 80.0 Å². The van der Waals surface area contributed by atoms with E-state index in [-0.39, 0.29) is 11.6 Å². The summed E-state index contributed by atoms with van der Waals surface area (Å²) in [5.41, 5.74) is 0.0144. The van der Waals surface area contributed by atoms with Crippen molar-refractivity contribution in [2.45, 2.75) is 52.2 Å². The van der Waals surface area contributed by atoms with Crippen molar-refractivity contribution in [1.82, 2.24) is 15.5 Å². The van der Waals surface area contributed by atoms with Crippen LogP contribution in [0.3, 0.4) is 0 Å². The van der Waals surface area contributed by atoms with Crippen LogP contribution in [0.4, 0.5) is 6.01 Å². The second kappa shape index (κ2) is 7.00. The summed E-state index contributed by atoms with van der Waals surface area (Å²) in [7, 11) is -0.769. The Hall–Kier alpha value is -0.950. The predicted octanol–water partition coefficient (Wildman–Crippen LogP) is 1.53. The standard InChI is InChI=1S/C12H24N4O2S/c1-9(6-7-19(5)17)14-11-16-15-10(18-11)8-13-12(2,3)4/h9,13H,6-8H2,1-5H3,(H,14,16). The molecule has 0 aliphatic heterocycles. The van der Waals surface area contributed by atoms with Crippen LogP contribution in [0.25, 0.3) is 0 Å². The summed E-state index contributed by atoms with van der Waals surface area (Å²) in [4.78, 5) is 0. The van der Waals surface area contributed by atoms with Crippen LogP contribution in [0.5, 0.6) is 0 Å². The summed E-state index contributed by atoms with van der Waals surface area (Å²) < 4.78 is 16.5. The Kier molecular flexibility index (Phi) is 5.93. The van der Waals surface area contributed by atoms with Gasteiger partial charge in [-0.1, -0.05) is 5.10 Å². The largest absolute Gasteiger partial charge is 0.407 e. The maximum Gasteiger partial charge on any atom is 0.315 e. The van der Waals surface area contributed by atoms with Crippen molar-refractivity contribution in [3.63, 3.8) is 0 Å². The van der Waals surface area contributed by atoms with E-state index in [9.17, 15) is 4.21 Å². The number of nitrogens with zero attached hydrogens (tertiary/aromatic N) is 2. The first-order valence-electron chi connectivity index (χ1n) is 6.40. The molecule has 1 rings (SSSR count). The molecule has 7 heteroatoms. The summed E-state index contributed by atoms with van der Waals surface area (Å²) in [5.74, 6) is 1.23. The molecular formula is C12H24N4O2S. The van der Waals surface area contributed by atoms with Crippen LogP contribution in [0, 0.1) is 0 Å². The summed E-state index contributed by atoms with van der Waals surface area (Å²) in [6.07, 6.45) is 2.51. The van der Waals surface area contributed by atoms with Gasteiger partial charge in [0.2, 0.25) is 5.89 Å². The molecule has 0 spiro atoms. The lowest BCUT2D eigenvalue weighted by Crippen LogP contribution is -2.35. The number of anilines is 1. The number of aromatic nitrogens is 2. The molecule has 2 N–H and O–H groups in total. The van der Waals surface area contributed by atoms with Gasteiger partial charge in [0.25, 0.3) is 0 Å². The maximum absolute atomic E-state index is 11.0. The van der Waals surface area contributed by atoms with Crippen LogP contribution in [0.15, 0.2) is 4.42 Å². The van der Waals surface area contributed by atoms with Crippen molar-refractivity contribution in [2.24, 2.45) is 0 Å². The number of hydrogen-bond donors (Lipinski definition) is 2. The molecule has 0 saturated carbocycles. The number of nitrogens with one attached hydrogen (secondary N) is 2. The Morgan fingerprint density at radius 1 is 1.37 bits per heavy atom. The van der Waals surface area contributed by atoms with Crippen molar-refractivity contribution in [3.8, 4) is 0 Å². The quantitative estimate of drug-likeness (QED) is 0.792. The molecule has 110 valence electrons. The molecule has 0 amide bonds. The Morgan fingerprint density at radius 2 is 2.05 bits per heavy atom. The third kappa shape index (κ3) is 7.27. The average molecular weight is 288 g/mol. The van der Waals surface area contributed by atoms with E-state index < -0.39 is 10.8 Å². The highest BCUT2D eigenvalue weighted by Gasteiger charge is 2.13. The van der Waals surface area contributed by atoms with Crippen LogP contribution in [0.1, 0.15) is 40.0 Å². The first-order chi connectivity index (χ1) is 8.76. The summed E-state index contributed by atoms with van der Waals surface area (Å²) in [6, 6.07) is 0.577. The molecule has 2 atom stereocenters. The zero-order chi connectivity index (χ0) is 14.5. The molecule has 19 heavy (non-hydrogen) atoms. The third-order valence-corrected chi connectivity index (χ3v) is 3.26. The maximum atomic E-state index is 11.0. The van der Waals surface area contributed by atoms with Gasteiger partial charge in [0.15, 0.2) is 0 Å². The van der Waals surface area contributed by atoms with Crippen LogP contribution >= 0.6 is 0 Å². The summed E-state index contributed by atoms with van der Waals surface area (Å²) in [6.45, 7) is 8.79. The normalized spacial score (nSPS) is 15.2. The summed E-state index contributed by atoms with van der Waals surface area (Å²) in [5, 5.41) is 14.3. The minimum atomic E-state index is -0.769. The zero-order valence-electron chi connectivity index (χ0n) is 12.3. The Labute approximate surface area is 117 Å². The SMILES string of the molecule is CC(CCS(C)=O)Nc1nnc(CNC(C)(C)C)o1. The van der Waals surface area contributed by atoms with E-state index in [1.165, 1.54) is 0 Å². The van der Waals surface area contributed by atoms with Crippen LogP contribution < -0.4 is 10.6 Å². The number of rotatable bonds is 7.